The zero-order valence-corrected chi connectivity index (χ0v) is 27.0. The van der Waals surface area contributed by atoms with E-state index < -0.39 is 5.41 Å². The van der Waals surface area contributed by atoms with Gasteiger partial charge < -0.3 is 0 Å². The molecule has 1 aliphatic carbocycles. The maximum absolute atomic E-state index is 5.05. The van der Waals surface area contributed by atoms with Crippen molar-refractivity contribution in [1.82, 2.24) is 14.5 Å². The van der Waals surface area contributed by atoms with Gasteiger partial charge in [0.05, 0.1) is 22.1 Å². The molecule has 0 bridgehead atoms. The Hall–Kier alpha value is -6.32. The van der Waals surface area contributed by atoms with Crippen LogP contribution >= 0.6 is 0 Å². The van der Waals surface area contributed by atoms with Gasteiger partial charge in [-0.3, -0.25) is 9.55 Å². The summed E-state index contributed by atoms with van der Waals surface area (Å²) in [6, 6.07) is 58.9. The highest BCUT2D eigenvalue weighted by Gasteiger charge is 2.41. The molecule has 0 spiro atoms. The Labute approximate surface area is 284 Å². The summed E-state index contributed by atoms with van der Waals surface area (Å²) in [7, 11) is 0. The van der Waals surface area contributed by atoms with Gasteiger partial charge in [-0.2, -0.15) is 0 Å². The van der Waals surface area contributed by atoms with Gasteiger partial charge in [-0.1, -0.05) is 103 Å². The third-order valence-electron chi connectivity index (χ3n) is 10.4. The van der Waals surface area contributed by atoms with Crippen molar-refractivity contribution in [1.29, 1.82) is 0 Å². The smallest absolute Gasteiger partial charge is 0.145 e. The lowest BCUT2D eigenvalue weighted by Gasteiger charge is -2.28. The summed E-state index contributed by atoms with van der Waals surface area (Å²) < 4.78 is 2.27. The van der Waals surface area contributed by atoms with Crippen LogP contribution in [0.5, 0.6) is 0 Å². The van der Waals surface area contributed by atoms with E-state index in [0.717, 1.165) is 33.8 Å². The molecule has 3 nitrogen and oxygen atoms in total. The summed E-state index contributed by atoms with van der Waals surface area (Å²) in [6.45, 7) is 2.36. The van der Waals surface area contributed by atoms with Crippen LogP contribution in [-0.2, 0) is 5.41 Å². The van der Waals surface area contributed by atoms with Crippen LogP contribution in [0.3, 0.4) is 0 Å². The number of fused-ring (bicyclic) bond motifs is 1. The molecule has 1 unspecified atom stereocenters. The van der Waals surface area contributed by atoms with Crippen molar-refractivity contribution >= 4 is 32.6 Å². The summed E-state index contributed by atoms with van der Waals surface area (Å²) in [5, 5.41) is 5.19. The highest BCUT2D eigenvalue weighted by molar-refractivity contribution is 6.17. The van der Waals surface area contributed by atoms with Gasteiger partial charge >= 0.3 is 0 Å². The van der Waals surface area contributed by atoms with E-state index in [-0.39, 0.29) is 0 Å². The number of hydrogen-bond acceptors (Lipinski definition) is 2. The van der Waals surface area contributed by atoms with Gasteiger partial charge in [-0.15, -0.1) is 0 Å². The van der Waals surface area contributed by atoms with Gasteiger partial charge in [0, 0.05) is 17.4 Å². The number of hydrogen-bond donors (Lipinski definition) is 0. The first-order valence-electron chi connectivity index (χ1n) is 16.8. The van der Waals surface area contributed by atoms with Crippen molar-refractivity contribution < 1.29 is 0 Å². The third kappa shape index (κ3) is 4.15. The monoisotopic (exact) mass is 625 g/mol. The Morgan fingerprint density at radius 2 is 1.06 bits per heavy atom. The Bertz CT molecular complexity index is 2690. The maximum Gasteiger partial charge on any atom is 0.145 e. The fourth-order valence-corrected chi connectivity index (χ4v) is 8.03. The van der Waals surface area contributed by atoms with Crippen molar-refractivity contribution in [3.8, 4) is 39.3 Å². The van der Waals surface area contributed by atoms with Gasteiger partial charge in [-0.25, -0.2) is 4.98 Å². The minimum absolute atomic E-state index is 0.414. The first kappa shape index (κ1) is 27.8. The van der Waals surface area contributed by atoms with Gasteiger partial charge in [0.15, 0.2) is 0 Å². The lowest BCUT2D eigenvalue weighted by molar-refractivity contribution is 0.687. The van der Waals surface area contributed by atoms with Crippen LogP contribution in [-0.4, -0.2) is 14.5 Å². The predicted molar refractivity (Wildman–Crippen MR) is 202 cm³/mol. The first-order chi connectivity index (χ1) is 24.2. The van der Waals surface area contributed by atoms with Crippen molar-refractivity contribution in [2.24, 2.45) is 0 Å². The quantitative estimate of drug-likeness (QED) is 0.178. The Balaban J connectivity index is 1.15. The molecule has 0 N–H and O–H groups in total. The molecule has 0 amide bonds. The highest BCUT2D eigenvalue weighted by atomic mass is 15.1. The molecule has 10 rings (SSSR count). The second-order valence-corrected chi connectivity index (χ2v) is 13.2. The largest absolute Gasteiger partial charge is 0.292 e. The standard InChI is InChI=1S/C46H31N3/c1-46(42-18-10-11-25-47-42)38-28-35(30-12-4-2-5-13-30)26-33-19-20-34-27-36(29-39(46)44(34)43(33)38)31-21-23-37(24-22-31)49-41-17-9-8-16-40(41)48-45(49)32-14-6-3-7-15-32/h2-29H,1H3. The molecule has 0 aliphatic heterocycles. The van der Waals surface area contributed by atoms with E-state index in [2.05, 4.69) is 163 Å². The molecule has 7 aromatic carbocycles. The molecule has 0 saturated heterocycles. The van der Waals surface area contributed by atoms with E-state index in [1.54, 1.807) is 0 Å². The number of aromatic nitrogens is 3. The Kier molecular flexibility index (Phi) is 6.00. The van der Waals surface area contributed by atoms with E-state index in [0.29, 0.717) is 0 Å². The average molecular weight is 626 g/mol. The molecule has 1 aliphatic rings. The molecule has 9 aromatic rings. The summed E-state index contributed by atoms with van der Waals surface area (Å²) in [5.74, 6) is 0.941. The van der Waals surface area contributed by atoms with E-state index in [4.69, 9.17) is 9.97 Å². The molecule has 1 atom stereocenters. The Morgan fingerprint density at radius 1 is 0.490 bits per heavy atom. The second-order valence-electron chi connectivity index (χ2n) is 13.2. The van der Waals surface area contributed by atoms with Crippen LogP contribution in [0, 0.1) is 0 Å². The lowest BCUT2D eigenvalue weighted by atomic mass is 9.75. The SMILES string of the molecule is CC1(c2ccccn2)c2cc(-c3ccccc3)cc3ccc4cc(-c5ccc(-n6c(-c7ccccc7)nc7ccccc76)cc5)cc1c4c23. The summed E-state index contributed by atoms with van der Waals surface area (Å²) in [4.78, 5) is 10.0. The number of imidazole rings is 1. The fourth-order valence-electron chi connectivity index (χ4n) is 8.03. The molecular weight excluding hydrogens is 595 g/mol. The van der Waals surface area contributed by atoms with E-state index in [1.807, 2.05) is 18.3 Å². The Morgan fingerprint density at radius 3 is 1.69 bits per heavy atom. The minimum Gasteiger partial charge on any atom is -0.292 e. The molecule has 49 heavy (non-hydrogen) atoms. The van der Waals surface area contributed by atoms with Crippen LogP contribution in [0.25, 0.3) is 71.9 Å². The molecule has 2 heterocycles. The number of rotatable bonds is 5. The topological polar surface area (TPSA) is 30.7 Å². The molecule has 0 saturated carbocycles. The second kappa shape index (κ2) is 10.6. The van der Waals surface area contributed by atoms with Crippen molar-refractivity contribution in [2.75, 3.05) is 0 Å². The summed E-state index contributed by atoms with van der Waals surface area (Å²) in [5.41, 5.74) is 12.4. The van der Waals surface area contributed by atoms with E-state index >= 15 is 0 Å². The van der Waals surface area contributed by atoms with Gasteiger partial charge in [0.2, 0.25) is 0 Å². The fraction of sp³-hybridized carbons (Fsp3) is 0.0435. The van der Waals surface area contributed by atoms with E-state index in [1.165, 1.54) is 54.9 Å². The van der Waals surface area contributed by atoms with Crippen LogP contribution in [0.15, 0.2) is 170 Å². The summed E-state index contributed by atoms with van der Waals surface area (Å²) in [6.07, 6.45) is 1.92. The van der Waals surface area contributed by atoms with Crippen LogP contribution < -0.4 is 0 Å². The molecule has 0 fully saturated rings. The molecule has 230 valence electrons. The molecule has 0 radical (unpaired) electrons. The normalized spacial score (nSPS) is 15.1. The number of nitrogens with zero attached hydrogens (tertiary/aromatic N) is 3. The lowest BCUT2D eigenvalue weighted by Crippen LogP contribution is -2.24. The van der Waals surface area contributed by atoms with Crippen molar-refractivity contribution in [3.05, 3.63) is 187 Å². The van der Waals surface area contributed by atoms with E-state index in [9.17, 15) is 0 Å². The van der Waals surface area contributed by atoms with Gasteiger partial charge in [0.25, 0.3) is 0 Å². The van der Waals surface area contributed by atoms with Crippen LogP contribution in [0.1, 0.15) is 23.7 Å². The molecule has 2 aromatic heterocycles. The van der Waals surface area contributed by atoms with Crippen molar-refractivity contribution in [3.63, 3.8) is 0 Å². The van der Waals surface area contributed by atoms with Gasteiger partial charge in [-0.05, 0) is 123 Å². The zero-order valence-electron chi connectivity index (χ0n) is 27.0. The minimum atomic E-state index is -0.414. The number of pyridine rings is 1. The summed E-state index contributed by atoms with van der Waals surface area (Å²) >= 11 is 0. The predicted octanol–water partition coefficient (Wildman–Crippen LogP) is 11.4. The molecule has 3 heteroatoms. The maximum atomic E-state index is 5.05. The average Bonchev–Trinajstić information content (AvgIpc) is 3.69. The van der Waals surface area contributed by atoms with Crippen LogP contribution in [0.2, 0.25) is 0 Å². The number of benzene rings is 7. The van der Waals surface area contributed by atoms with Crippen molar-refractivity contribution in [2.45, 2.75) is 12.3 Å². The first-order valence-corrected chi connectivity index (χ1v) is 16.8. The molecular formula is C46H31N3. The van der Waals surface area contributed by atoms with Crippen LogP contribution in [0.4, 0.5) is 0 Å². The zero-order chi connectivity index (χ0) is 32.5. The van der Waals surface area contributed by atoms with Gasteiger partial charge in [0.1, 0.15) is 5.82 Å². The third-order valence-corrected chi connectivity index (χ3v) is 10.4. The number of para-hydroxylation sites is 2. The highest BCUT2D eigenvalue weighted by Crippen LogP contribution is 2.53.